The third kappa shape index (κ3) is 2.65. The molecule has 1 aromatic carbocycles. The van der Waals surface area contributed by atoms with Crippen LogP contribution in [0.4, 0.5) is 4.39 Å². The van der Waals surface area contributed by atoms with Gasteiger partial charge in [0.05, 0.1) is 11.0 Å². The number of carbonyl (C=O) groups excluding carboxylic acids is 2. The SMILES string of the molecule is CNC(=O)C1(C)CCN(C(=O)c2cc(S)ccc2F)C1. The van der Waals surface area contributed by atoms with Crippen LogP contribution in [0.15, 0.2) is 23.1 Å². The largest absolute Gasteiger partial charge is 0.359 e. The van der Waals surface area contributed by atoms with E-state index in [1.54, 1.807) is 7.05 Å². The van der Waals surface area contributed by atoms with Crippen molar-refractivity contribution in [2.45, 2.75) is 18.2 Å². The van der Waals surface area contributed by atoms with E-state index in [2.05, 4.69) is 17.9 Å². The van der Waals surface area contributed by atoms with Crippen molar-refractivity contribution in [1.29, 1.82) is 0 Å². The smallest absolute Gasteiger partial charge is 0.256 e. The first-order valence-electron chi connectivity index (χ1n) is 6.37. The first kappa shape index (κ1) is 14.8. The van der Waals surface area contributed by atoms with Gasteiger partial charge in [-0.3, -0.25) is 9.59 Å². The molecule has 1 heterocycles. The summed E-state index contributed by atoms with van der Waals surface area (Å²) in [6.45, 7) is 2.55. The predicted molar refractivity (Wildman–Crippen MR) is 76.3 cm³/mol. The minimum atomic E-state index is -0.612. The maximum atomic E-state index is 13.7. The van der Waals surface area contributed by atoms with Crippen LogP contribution in [0.5, 0.6) is 0 Å². The highest BCUT2D eigenvalue weighted by atomic mass is 32.1. The van der Waals surface area contributed by atoms with Crippen molar-refractivity contribution in [2.75, 3.05) is 20.1 Å². The minimum Gasteiger partial charge on any atom is -0.359 e. The first-order valence-corrected chi connectivity index (χ1v) is 6.82. The number of hydrogen-bond acceptors (Lipinski definition) is 3. The van der Waals surface area contributed by atoms with Crippen molar-refractivity contribution in [3.63, 3.8) is 0 Å². The molecule has 1 fully saturated rings. The van der Waals surface area contributed by atoms with E-state index < -0.39 is 17.1 Å². The Morgan fingerprint density at radius 1 is 1.45 bits per heavy atom. The van der Waals surface area contributed by atoms with Gasteiger partial charge in [-0.1, -0.05) is 0 Å². The highest BCUT2D eigenvalue weighted by Gasteiger charge is 2.41. The Labute approximate surface area is 122 Å². The highest BCUT2D eigenvalue weighted by molar-refractivity contribution is 7.80. The van der Waals surface area contributed by atoms with Crippen LogP contribution in [0.25, 0.3) is 0 Å². The van der Waals surface area contributed by atoms with Crippen molar-refractivity contribution in [2.24, 2.45) is 5.41 Å². The minimum absolute atomic E-state index is 0.00124. The number of benzene rings is 1. The van der Waals surface area contributed by atoms with Crippen LogP contribution in [0.1, 0.15) is 23.7 Å². The van der Waals surface area contributed by atoms with Gasteiger partial charge in [0.25, 0.3) is 5.91 Å². The quantitative estimate of drug-likeness (QED) is 0.816. The molecule has 1 atom stereocenters. The van der Waals surface area contributed by atoms with Gasteiger partial charge in [0.2, 0.25) is 5.91 Å². The molecule has 1 aromatic rings. The average Bonchev–Trinajstić information content (AvgIpc) is 2.83. The highest BCUT2D eigenvalue weighted by Crippen LogP contribution is 2.31. The van der Waals surface area contributed by atoms with Gasteiger partial charge in [0, 0.05) is 25.0 Å². The molecular weight excluding hydrogens is 279 g/mol. The molecule has 1 unspecified atom stereocenters. The Kier molecular flexibility index (Phi) is 4.04. The van der Waals surface area contributed by atoms with Gasteiger partial charge in [0.15, 0.2) is 0 Å². The molecule has 0 bridgehead atoms. The molecule has 0 radical (unpaired) electrons. The lowest BCUT2D eigenvalue weighted by atomic mass is 9.89. The van der Waals surface area contributed by atoms with Gasteiger partial charge < -0.3 is 10.2 Å². The summed E-state index contributed by atoms with van der Waals surface area (Å²) in [7, 11) is 1.57. The Morgan fingerprint density at radius 3 is 2.80 bits per heavy atom. The zero-order valence-electron chi connectivity index (χ0n) is 11.4. The van der Waals surface area contributed by atoms with Crippen molar-refractivity contribution >= 4 is 24.4 Å². The predicted octanol–water partition coefficient (Wildman–Crippen LogP) is 1.71. The van der Waals surface area contributed by atoms with Crippen molar-refractivity contribution in [1.82, 2.24) is 10.2 Å². The molecule has 1 aliphatic rings. The van der Waals surface area contributed by atoms with Crippen LogP contribution < -0.4 is 5.32 Å². The number of amides is 2. The maximum Gasteiger partial charge on any atom is 0.256 e. The Hall–Kier alpha value is -1.56. The number of thiol groups is 1. The normalized spacial score (nSPS) is 21.9. The second-order valence-electron chi connectivity index (χ2n) is 5.28. The van der Waals surface area contributed by atoms with E-state index in [1.165, 1.54) is 23.1 Å². The molecule has 4 nitrogen and oxygen atoms in total. The summed E-state index contributed by atoms with van der Waals surface area (Å²) in [6, 6.07) is 4.13. The summed E-state index contributed by atoms with van der Waals surface area (Å²) >= 11 is 4.12. The lowest BCUT2D eigenvalue weighted by Crippen LogP contribution is -2.40. The molecule has 108 valence electrons. The molecule has 0 aromatic heterocycles. The van der Waals surface area contributed by atoms with E-state index >= 15 is 0 Å². The fourth-order valence-electron chi connectivity index (χ4n) is 2.47. The van der Waals surface area contributed by atoms with Crippen LogP contribution >= 0.6 is 12.6 Å². The third-order valence-electron chi connectivity index (χ3n) is 3.72. The van der Waals surface area contributed by atoms with Crippen LogP contribution in [-0.2, 0) is 4.79 Å². The van der Waals surface area contributed by atoms with Crippen molar-refractivity contribution in [3.8, 4) is 0 Å². The molecule has 6 heteroatoms. The average molecular weight is 296 g/mol. The van der Waals surface area contributed by atoms with Gasteiger partial charge >= 0.3 is 0 Å². The molecule has 2 amide bonds. The first-order chi connectivity index (χ1) is 9.37. The van der Waals surface area contributed by atoms with E-state index in [1.807, 2.05) is 6.92 Å². The summed E-state index contributed by atoms with van der Waals surface area (Å²) in [6.07, 6.45) is 0.570. The zero-order valence-corrected chi connectivity index (χ0v) is 12.3. The number of rotatable bonds is 2. The van der Waals surface area contributed by atoms with Crippen LogP contribution in [-0.4, -0.2) is 36.9 Å². The fourth-order valence-corrected chi connectivity index (χ4v) is 2.67. The van der Waals surface area contributed by atoms with Gasteiger partial charge in [-0.15, -0.1) is 12.6 Å². The second-order valence-corrected chi connectivity index (χ2v) is 5.80. The van der Waals surface area contributed by atoms with Crippen molar-refractivity contribution in [3.05, 3.63) is 29.6 Å². The maximum absolute atomic E-state index is 13.7. The van der Waals surface area contributed by atoms with Crippen LogP contribution in [0.3, 0.4) is 0 Å². The lowest BCUT2D eigenvalue weighted by molar-refractivity contribution is -0.128. The fraction of sp³-hybridized carbons (Fsp3) is 0.429. The Bertz CT molecular complexity index is 564. The Balaban J connectivity index is 2.20. The summed E-state index contributed by atoms with van der Waals surface area (Å²) in [5, 5.41) is 2.60. The monoisotopic (exact) mass is 296 g/mol. The molecule has 1 saturated heterocycles. The zero-order chi connectivity index (χ0) is 14.9. The number of halogens is 1. The summed E-state index contributed by atoms with van der Waals surface area (Å²) < 4.78 is 13.7. The summed E-state index contributed by atoms with van der Waals surface area (Å²) in [4.78, 5) is 26.2. The number of carbonyl (C=O) groups is 2. The number of hydrogen-bond donors (Lipinski definition) is 2. The summed E-state index contributed by atoms with van der Waals surface area (Å²) in [5.74, 6) is -1.07. The van der Waals surface area contributed by atoms with Gasteiger partial charge in [-0.2, -0.15) is 0 Å². The van der Waals surface area contributed by atoms with E-state index in [0.717, 1.165) is 0 Å². The summed E-state index contributed by atoms with van der Waals surface area (Å²) in [5.41, 5.74) is -0.613. The van der Waals surface area contributed by atoms with Gasteiger partial charge in [-0.05, 0) is 31.5 Å². The van der Waals surface area contributed by atoms with Crippen LogP contribution in [0, 0.1) is 11.2 Å². The molecule has 20 heavy (non-hydrogen) atoms. The van der Waals surface area contributed by atoms with E-state index in [4.69, 9.17) is 0 Å². The lowest BCUT2D eigenvalue weighted by Gasteiger charge is -2.23. The molecular formula is C14H17FN2O2S. The molecule has 0 saturated carbocycles. The van der Waals surface area contributed by atoms with E-state index in [-0.39, 0.29) is 11.5 Å². The molecule has 0 spiro atoms. The number of likely N-dealkylation sites (tertiary alicyclic amines) is 1. The number of nitrogens with one attached hydrogen (secondary N) is 1. The van der Waals surface area contributed by atoms with Crippen LogP contribution in [0.2, 0.25) is 0 Å². The standard InChI is InChI=1S/C14H17FN2O2S/c1-14(13(19)16-2)5-6-17(8-14)12(18)10-7-9(20)3-4-11(10)15/h3-4,7,20H,5-6,8H2,1-2H3,(H,16,19). The second kappa shape index (κ2) is 5.44. The Morgan fingerprint density at radius 2 is 2.15 bits per heavy atom. The van der Waals surface area contributed by atoms with E-state index in [0.29, 0.717) is 24.4 Å². The molecule has 2 rings (SSSR count). The molecule has 0 aliphatic carbocycles. The van der Waals surface area contributed by atoms with Gasteiger partial charge in [0.1, 0.15) is 5.82 Å². The molecule has 1 N–H and O–H groups in total. The van der Waals surface area contributed by atoms with Crippen molar-refractivity contribution < 1.29 is 14.0 Å². The van der Waals surface area contributed by atoms with Gasteiger partial charge in [-0.25, -0.2) is 4.39 Å². The topological polar surface area (TPSA) is 49.4 Å². The number of nitrogens with zero attached hydrogens (tertiary/aromatic N) is 1. The molecule has 1 aliphatic heterocycles. The third-order valence-corrected chi connectivity index (χ3v) is 3.99. The van der Waals surface area contributed by atoms with E-state index in [9.17, 15) is 14.0 Å².